The van der Waals surface area contributed by atoms with Crippen LogP contribution in [0.25, 0.3) is 0 Å². The van der Waals surface area contributed by atoms with Gasteiger partial charge in [0.15, 0.2) is 11.5 Å². The zero-order valence-electron chi connectivity index (χ0n) is 14.4. The van der Waals surface area contributed by atoms with Gasteiger partial charge in [0.1, 0.15) is 13.2 Å². The van der Waals surface area contributed by atoms with Gasteiger partial charge in [-0.05, 0) is 42.2 Å². The molecule has 1 aromatic carbocycles. The zero-order valence-corrected chi connectivity index (χ0v) is 14.4. The summed E-state index contributed by atoms with van der Waals surface area (Å²) in [5, 5.41) is 0. The van der Waals surface area contributed by atoms with Crippen LogP contribution in [0.15, 0.2) is 42.6 Å². The van der Waals surface area contributed by atoms with E-state index < -0.39 is 0 Å². The zero-order chi connectivity index (χ0) is 17.2. The predicted octanol–water partition coefficient (Wildman–Crippen LogP) is 2.66. The van der Waals surface area contributed by atoms with Crippen LogP contribution >= 0.6 is 0 Å². The third-order valence-corrected chi connectivity index (χ3v) is 4.91. The number of carbonyl (C=O) groups is 1. The molecule has 4 rings (SSSR count). The molecule has 1 aromatic heterocycles. The highest BCUT2D eigenvalue weighted by atomic mass is 16.6. The van der Waals surface area contributed by atoms with E-state index in [9.17, 15) is 4.79 Å². The molecule has 1 amide bonds. The summed E-state index contributed by atoms with van der Waals surface area (Å²) in [5.74, 6) is 2.18. The summed E-state index contributed by atoms with van der Waals surface area (Å²) in [6, 6.07) is 11.9. The molecule has 1 aliphatic heterocycles. The van der Waals surface area contributed by atoms with Crippen molar-refractivity contribution < 1.29 is 14.3 Å². The van der Waals surface area contributed by atoms with E-state index in [-0.39, 0.29) is 11.8 Å². The van der Waals surface area contributed by atoms with Crippen LogP contribution in [-0.4, -0.2) is 42.6 Å². The van der Waals surface area contributed by atoms with Crippen molar-refractivity contribution >= 4 is 5.91 Å². The lowest BCUT2D eigenvalue weighted by atomic mass is 10.1. The van der Waals surface area contributed by atoms with Crippen LogP contribution in [0.3, 0.4) is 0 Å². The molecule has 25 heavy (non-hydrogen) atoms. The van der Waals surface area contributed by atoms with Crippen molar-refractivity contribution in [1.82, 2.24) is 9.88 Å². The van der Waals surface area contributed by atoms with Gasteiger partial charge in [0.2, 0.25) is 5.91 Å². The Labute approximate surface area is 147 Å². The number of amides is 1. The van der Waals surface area contributed by atoms with E-state index in [4.69, 9.17) is 9.47 Å². The summed E-state index contributed by atoms with van der Waals surface area (Å²) < 4.78 is 11.2. The molecule has 0 bridgehead atoms. The SMILES string of the molecule is CN(CCc1ccccn1)C(=O)[C@@H]1C[C@H]1c1ccc2c(c1)OCCO2. The second-order valence-electron chi connectivity index (χ2n) is 6.68. The van der Waals surface area contributed by atoms with Crippen LogP contribution in [0.4, 0.5) is 0 Å². The number of carbonyl (C=O) groups excluding carboxylic acids is 1. The second-order valence-corrected chi connectivity index (χ2v) is 6.68. The molecule has 0 N–H and O–H groups in total. The highest BCUT2D eigenvalue weighted by molar-refractivity contribution is 5.82. The molecule has 1 fully saturated rings. The smallest absolute Gasteiger partial charge is 0.226 e. The van der Waals surface area contributed by atoms with Gasteiger partial charge in [-0.3, -0.25) is 9.78 Å². The summed E-state index contributed by atoms with van der Waals surface area (Å²) in [6.45, 7) is 1.87. The third kappa shape index (κ3) is 3.45. The normalized spacial score (nSPS) is 20.8. The Morgan fingerprint density at radius 1 is 1.20 bits per heavy atom. The molecule has 1 saturated carbocycles. The van der Waals surface area contributed by atoms with Gasteiger partial charge >= 0.3 is 0 Å². The van der Waals surface area contributed by atoms with Crippen LogP contribution in [0.5, 0.6) is 11.5 Å². The number of rotatable bonds is 5. The monoisotopic (exact) mass is 338 g/mol. The lowest BCUT2D eigenvalue weighted by molar-refractivity contribution is -0.131. The van der Waals surface area contributed by atoms with Gasteiger partial charge in [0.25, 0.3) is 0 Å². The van der Waals surface area contributed by atoms with Crippen molar-refractivity contribution in [3.05, 3.63) is 53.9 Å². The van der Waals surface area contributed by atoms with Crippen molar-refractivity contribution in [2.24, 2.45) is 5.92 Å². The van der Waals surface area contributed by atoms with E-state index in [0.29, 0.717) is 25.7 Å². The Hall–Kier alpha value is -2.56. The molecule has 1 aliphatic carbocycles. The number of pyridine rings is 1. The molecular weight excluding hydrogens is 316 g/mol. The predicted molar refractivity (Wildman–Crippen MR) is 93.9 cm³/mol. The molecule has 2 aliphatic rings. The average Bonchev–Trinajstić information content (AvgIpc) is 3.47. The Morgan fingerprint density at radius 3 is 2.84 bits per heavy atom. The van der Waals surface area contributed by atoms with Gasteiger partial charge in [-0.15, -0.1) is 0 Å². The minimum atomic E-state index is 0.0799. The van der Waals surface area contributed by atoms with Gasteiger partial charge < -0.3 is 14.4 Å². The molecule has 0 radical (unpaired) electrons. The number of hydrogen-bond acceptors (Lipinski definition) is 4. The number of benzene rings is 1. The topological polar surface area (TPSA) is 51.7 Å². The molecule has 0 saturated heterocycles. The van der Waals surface area contributed by atoms with Crippen LogP contribution in [0, 0.1) is 5.92 Å². The fraction of sp³-hybridized carbons (Fsp3) is 0.400. The molecule has 2 heterocycles. The summed E-state index contributed by atoms with van der Waals surface area (Å²) in [5.41, 5.74) is 2.18. The number of ether oxygens (including phenoxy) is 2. The van der Waals surface area contributed by atoms with Crippen molar-refractivity contribution in [2.45, 2.75) is 18.8 Å². The molecule has 2 atom stereocenters. The maximum atomic E-state index is 12.6. The van der Waals surface area contributed by atoms with Crippen molar-refractivity contribution in [2.75, 3.05) is 26.8 Å². The number of hydrogen-bond donors (Lipinski definition) is 0. The number of likely N-dealkylation sites (N-methyl/N-ethyl adjacent to an activating group) is 1. The number of aromatic nitrogens is 1. The molecule has 0 unspecified atom stereocenters. The van der Waals surface area contributed by atoms with Crippen LogP contribution in [0.2, 0.25) is 0 Å². The standard InChI is InChI=1S/C20H22N2O3/c1-22(9-7-15-4-2-3-8-21-15)20(23)17-13-16(17)14-5-6-18-19(12-14)25-11-10-24-18/h2-6,8,12,16-17H,7,9-11,13H2,1H3/t16-,17+/m0/s1. The Kier molecular flexibility index (Phi) is 4.30. The highest BCUT2D eigenvalue weighted by Crippen LogP contribution is 2.50. The third-order valence-electron chi connectivity index (χ3n) is 4.91. The van der Waals surface area contributed by atoms with E-state index in [1.807, 2.05) is 42.3 Å². The first kappa shape index (κ1) is 15.9. The quantitative estimate of drug-likeness (QED) is 0.841. The fourth-order valence-electron chi connectivity index (χ4n) is 3.35. The van der Waals surface area contributed by atoms with Crippen molar-refractivity contribution in [3.8, 4) is 11.5 Å². The second kappa shape index (κ2) is 6.75. The van der Waals surface area contributed by atoms with Crippen LogP contribution < -0.4 is 9.47 Å². The van der Waals surface area contributed by atoms with E-state index in [2.05, 4.69) is 11.1 Å². The molecule has 5 heteroatoms. The number of fused-ring (bicyclic) bond motifs is 1. The van der Waals surface area contributed by atoms with Crippen LogP contribution in [-0.2, 0) is 11.2 Å². The molecule has 130 valence electrons. The van der Waals surface area contributed by atoms with Crippen molar-refractivity contribution in [1.29, 1.82) is 0 Å². The van der Waals surface area contributed by atoms with Gasteiger partial charge in [-0.2, -0.15) is 0 Å². The maximum absolute atomic E-state index is 12.6. The summed E-state index contributed by atoms with van der Waals surface area (Å²) in [6.07, 6.45) is 3.48. The van der Waals surface area contributed by atoms with E-state index in [0.717, 1.165) is 30.0 Å². The Balaban J connectivity index is 1.35. The van der Waals surface area contributed by atoms with Gasteiger partial charge in [0, 0.05) is 37.8 Å². The van der Waals surface area contributed by atoms with Crippen LogP contribution in [0.1, 0.15) is 23.6 Å². The lowest BCUT2D eigenvalue weighted by Crippen LogP contribution is -2.30. The first-order valence-corrected chi connectivity index (χ1v) is 8.77. The highest BCUT2D eigenvalue weighted by Gasteiger charge is 2.45. The maximum Gasteiger partial charge on any atom is 0.226 e. The van der Waals surface area contributed by atoms with E-state index >= 15 is 0 Å². The van der Waals surface area contributed by atoms with E-state index in [1.54, 1.807) is 6.20 Å². The molecule has 5 nitrogen and oxygen atoms in total. The van der Waals surface area contributed by atoms with Gasteiger partial charge in [0.05, 0.1) is 0 Å². The minimum Gasteiger partial charge on any atom is -0.486 e. The summed E-state index contributed by atoms with van der Waals surface area (Å²) >= 11 is 0. The minimum absolute atomic E-state index is 0.0799. The molecule has 2 aromatic rings. The first-order chi connectivity index (χ1) is 12.2. The van der Waals surface area contributed by atoms with Gasteiger partial charge in [-0.25, -0.2) is 0 Å². The number of nitrogens with zero attached hydrogens (tertiary/aromatic N) is 2. The Morgan fingerprint density at radius 2 is 2.04 bits per heavy atom. The van der Waals surface area contributed by atoms with Crippen molar-refractivity contribution in [3.63, 3.8) is 0 Å². The fourth-order valence-corrected chi connectivity index (χ4v) is 3.35. The average molecular weight is 338 g/mol. The summed E-state index contributed by atoms with van der Waals surface area (Å²) in [7, 11) is 1.88. The van der Waals surface area contributed by atoms with E-state index in [1.165, 1.54) is 5.56 Å². The largest absolute Gasteiger partial charge is 0.486 e. The van der Waals surface area contributed by atoms with Gasteiger partial charge in [-0.1, -0.05) is 12.1 Å². The molecular formula is C20H22N2O3. The summed E-state index contributed by atoms with van der Waals surface area (Å²) in [4.78, 5) is 18.8. The Bertz CT molecular complexity index is 763. The first-order valence-electron chi connectivity index (χ1n) is 8.77. The lowest BCUT2D eigenvalue weighted by Gasteiger charge is -2.19. The molecule has 0 spiro atoms.